The Balaban J connectivity index is 3.09. The smallest absolute Gasteiger partial charge is 0.122 e. The molecule has 15 heavy (non-hydrogen) atoms. The first kappa shape index (κ1) is 12.2. The SMILES string of the molecule is CCC(C)(CC)c1cc(C(C)F)ccn1. The zero-order valence-electron chi connectivity index (χ0n) is 10.0. The van der Waals surface area contributed by atoms with Crippen molar-refractivity contribution in [2.45, 2.75) is 52.1 Å². The molecule has 0 aliphatic carbocycles. The number of nitrogens with zero attached hydrogens (tertiary/aromatic N) is 1. The average molecular weight is 209 g/mol. The van der Waals surface area contributed by atoms with Gasteiger partial charge in [0.25, 0.3) is 0 Å². The molecule has 1 aromatic heterocycles. The van der Waals surface area contributed by atoms with Crippen molar-refractivity contribution in [1.82, 2.24) is 4.98 Å². The summed E-state index contributed by atoms with van der Waals surface area (Å²) in [6, 6.07) is 3.65. The molecule has 1 nitrogen and oxygen atoms in total. The van der Waals surface area contributed by atoms with E-state index in [9.17, 15) is 4.39 Å². The van der Waals surface area contributed by atoms with Crippen molar-refractivity contribution in [3.05, 3.63) is 29.6 Å². The first-order valence-corrected chi connectivity index (χ1v) is 5.64. The molecule has 0 N–H and O–H groups in total. The van der Waals surface area contributed by atoms with Gasteiger partial charge in [-0.1, -0.05) is 20.8 Å². The third kappa shape index (κ3) is 2.55. The Labute approximate surface area is 91.7 Å². The molecule has 0 bridgehead atoms. The summed E-state index contributed by atoms with van der Waals surface area (Å²) < 4.78 is 13.2. The monoisotopic (exact) mass is 209 g/mol. The van der Waals surface area contributed by atoms with Crippen LogP contribution in [0.2, 0.25) is 0 Å². The predicted molar refractivity (Wildman–Crippen MR) is 61.7 cm³/mol. The number of alkyl halides is 1. The minimum absolute atomic E-state index is 0.0743. The van der Waals surface area contributed by atoms with Crippen LogP contribution in [0.25, 0.3) is 0 Å². The molecule has 0 spiro atoms. The summed E-state index contributed by atoms with van der Waals surface area (Å²) in [6.45, 7) is 8.05. The maximum Gasteiger partial charge on any atom is 0.122 e. The van der Waals surface area contributed by atoms with Crippen molar-refractivity contribution in [1.29, 1.82) is 0 Å². The van der Waals surface area contributed by atoms with Crippen LogP contribution >= 0.6 is 0 Å². The van der Waals surface area contributed by atoms with E-state index >= 15 is 0 Å². The van der Waals surface area contributed by atoms with Gasteiger partial charge in [-0.05, 0) is 37.5 Å². The van der Waals surface area contributed by atoms with Gasteiger partial charge in [-0.3, -0.25) is 4.98 Å². The Bertz CT molecular complexity index is 316. The normalized spacial score (nSPS) is 13.9. The van der Waals surface area contributed by atoms with E-state index in [1.54, 1.807) is 19.2 Å². The second-order valence-electron chi connectivity index (χ2n) is 4.36. The summed E-state index contributed by atoms with van der Waals surface area (Å²) in [7, 11) is 0. The molecule has 0 saturated carbocycles. The first-order valence-electron chi connectivity index (χ1n) is 5.64. The fourth-order valence-electron chi connectivity index (χ4n) is 1.64. The molecule has 1 rings (SSSR count). The fourth-order valence-corrected chi connectivity index (χ4v) is 1.64. The van der Waals surface area contributed by atoms with Crippen molar-refractivity contribution < 1.29 is 4.39 Å². The molecular formula is C13H20FN. The molecule has 2 heteroatoms. The summed E-state index contributed by atoms with van der Waals surface area (Å²) in [5.41, 5.74) is 1.81. The van der Waals surface area contributed by atoms with Crippen molar-refractivity contribution >= 4 is 0 Å². The Kier molecular flexibility index (Phi) is 3.83. The van der Waals surface area contributed by atoms with Crippen molar-refractivity contribution in [2.75, 3.05) is 0 Å². The van der Waals surface area contributed by atoms with Crippen LogP contribution in [0.4, 0.5) is 4.39 Å². The summed E-state index contributed by atoms with van der Waals surface area (Å²) >= 11 is 0. The van der Waals surface area contributed by atoms with Crippen LogP contribution in [0.3, 0.4) is 0 Å². The van der Waals surface area contributed by atoms with Gasteiger partial charge in [-0.25, -0.2) is 4.39 Å². The molecule has 1 unspecified atom stereocenters. The molecule has 0 radical (unpaired) electrons. The largest absolute Gasteiger partial charge is 0.261 e. The van der Waals surface area contributed by atoms with Crippen LogP contribution in [0, 0.1) is 0 Å². The van der Waals surface area contributed by atoms with E-state index in [1.165, 1.54) is 0 Å². The summed E-state index contributed by atoms with van der Waals surface area (Å²) in [6.07, 6.45) is 2.86. The van der Waals surface area contributed by atoms with E-state index in [0.29, 0.717) is 0 Å². The summed E-state index contributed by atoms with van der Waals surface area (Å²) in [5.74, 6) is 0. The minimum Gasteiger partial charge on any atom is -0.261 e. The standard InChI is InChI=1S/C13H20FN/c1-5-13(4,6-2)12-9-11(10(3)14)7-8-15-12/h7-10H,5-6H2,1-4H3. The van der Waals surface area contributed by atoms with Crippen molar-refractivity contribution in [2.24, 2.45) is 0 Å². The molecule has 0 saturated heterocycles. The first-order chi connectivity index (χ1) is 7.03. The molecule has 0 aliphatic heterocycles. The molecule has 1 aromatic rings. The van der Waals surface area contributed by atoms with Gasteiger partial charge < -0.3 is 0 Å². The second kappa shape index (κ2) is 4.73. The highest BCUT2D eigenvalue weighted by molar-refractivity contribution is 5.23. The van der Waals surface area contributed by atoms with Crippen LogP contribution < -0.4 is 0 Å². The maximum atomic E-state index is 13.2. The van der Waals surface area contributed by atoms with E-state index in [1.807, 2.05) is 6.07 Å². The number of halogens is 1. The number of rotatable bonds is 4. The Morgan fingerprint density at radius 3 is 2.47 bits per heavy atom. The summed E-state index contributed by atoms with van der Waals surface area (Å²) in [5, 5.41) is 0. The lowest BCUT2D eigenvalue weighted by molar-refractivity contribution is 0.370. The molecule has 1 atom stereocenters. The molecular weight excluding hydrogens is 189 g/mol. The molecule has 84 valence electrons. The highest BCUT2D eigenvalue weighted by Gasteiger charge is 2.24. The third-order valence-corrected chi connectivity index (χ3v) is 3.42. The zero-order chi connectivity index (χ0) is 11.5. The van der Waals surface area contributed by atoms with E-state index < -0.39 is 6.17 Å². The molecule has 0 aliphatic rings. The quantitative estimate of drug-likeness (QED) is 0.724. The Hall–Kier alpha value is -0.920. The van der Waals surface area contributed by atoms with Gasteiger partial charge >= 0.3 is 0 Å². The molecule has 0 amide bonds. The van der Waals surface area contributed by atoms with Gasteiger partial charge in [0, 0.05) is 17.3 Å². The summed E-state index contributed by atoms with van der Waals surface area (Å²) in [4.78, 5) is 4.37. The zero-order valence-corrected chi connectivity index (χ0v) is 10.0. The van der Waals surface area contributed by atoms with Crippen LogP contribution in [0.15, 0.2) is 18.3 Å². The third-order valence-electron chi connectivity index (χ3n) is 3.42. The molecule has 0 aromatic carbocycles. The molecule has 0 fully saturated rings. The number of hydrogen-bond acceptors (Lipinski definition) is 1. The van der Waals surface area contributed by atoms with Gasteiger partial charge in [-0.15, -0.1) is 0 Å². The van der Waals surface area contributed by atoms with E-state index in [2.05, 4.69) is 25.8 Å². The number of hydrogen-bond donors (Lipinski definition) is 0. The fraction of sp³-hybridized carbons (Fsp3) is 0.615. The Morgan fingerprint density at radius 2 is 2.00 bits per heavy atom. The van der Waals surface area contributed by atoms with E-state index in [4.69, 9.17) is 0 Å². The lowest BCUT2D eigenvalue weighted by Crippen LogP contribution is -2.21. The number of aromatic nitrogens is 1. The van der Waals surface area contributed by atoms with Crippen LogP contribution in [-0.2, 0) is 5.41 Å². The van der Waals surface area contributed by atoms with Crippen LogP contribution in [-0.4, -0.2) is 4.98 Å². The van der Waals surface area contributed by atoms with Gasteiger partial charge in [0.15, 0.2) is 0 Å². The minimum atomic E-state index is -0.912. The maximum absolute atomic E-state index is 13.2. The topological polar surface area (TPSA) is 12.9 Å². The Morgan fingerprint density at radius 1 is 1.40 bits per heavy atom. The highest BCUT2D eigenvalue weighted by Crippen LogP contribution is 2.31. The van der Waals surface area contributed by atoms with Crippen molar-refractivity contribution in [3.8, 4) is 0 Å². The van der Waals surface area contributed by atoms with Gasteiger partial charge in [0.2, 0.25) is 0 Å². The van der Waals surface area contributed by atoms with Crippen LogP contribution in [0.5, 0.6) is 0 Å². The average Bonchev–Trinajstić information content (AvgIpc) is 2.28. The highest BCUT2D eigenvalue weighted by atomic mass is 19.1. The predicted octanol–water partition coefficient (Wildman–Crippen LogP) is 4.19. The van der Waals surface area contributed by atoms with Gasteiger partial charge in [0.1, 0.15) is 6.17 Å². The van der Waals surface area contributed by atoms with E-state index in [0.717, 1.165) is 24.1 Å². The lowest BCUT2D eigenvalue weighted by atomic mass is 9.80. The lowest BCUT2D eigenvalue weighted by Gasteiger charge is -2.26. The van der Waals surface area contributed by atoms with Crippen LogP contribution in [0.1, 0.15) is 58.0 Å². The van der Waals surface area contributed by atoms with E-state index in [-0.39, 0.29) is 5.41 Å². The molecule has 1 heterocycles. The second-order valence-corrected chi connectivity index (χ2v) is 4.36. The van der Waals surface area contributed by atoms with Gasteiger partial charge in [-0.2, -0.15) is 0 Å². The van der Waals surface area contributed by atoms with Crippen molar-refractivity contribution in [3.63, 3.8) is 0 Å². The number of pyridine rings is 1. The van der Waals surface area contributed by atoms with Gasteiger partial charge in [0.05, 0.1) is 0 Å².